The van der Waals surface area contributed by atoms with Gasteiger partial charge in [0.15, 0.2) is 0 Å². The van der Waals surface area contributed by atoms with Crippen molar-refractivity contribution >= 4 is 29.0 Å². The van der Waals surface area contributed by atoms with Crippen LogP contribution in [-0.4, -0.2) is 26.2 Å². The van der Waals surface area contributed by atoms with Crippen molar-refractivity contribution in [1.29, 1.82) is 0 Å². The number of hydrogen-bond acceptors (Lipinski definition) is 5. The molecule has 7 nitrogen and oxygen atoms in total. The maximum Gasteiger partial charge on any atom is 0.319 e. The van der Waals surface area contributed by atoms with E-state index in [4.69, 9.17) is 9.47 Å². The van der Waals surface area contributed by atoms with Gasteiger partial charge in [-0.3, -0.25) is 4.79 Å². The fraction of sp³-hybridized carbons (Fsp3) is 0.222. The zero-order valence-electron chi connectivity index (χ0n) is 14.6. The maximum absolute atomic E-state index is 13.0. The normalized spacial score (nSPS) is 16.6. The monoisotopic (exact) mass is 373 g/mol. The molecule has 0 saturated heterocycles. The number of thiophene rings is 1. The molecule has 1 aliphatic rings. The van der Waals surface area contributed by atoms with Crippen molar-refractivity contribution in [2.45, 2.75) is 13.0 Å². The Morgan fingerprint density at radius 3 is 2.69 bits per heavy atom. The minimum absolute atomic E-state index is 0.333. The van der Waals surface area contributed by atoms with E-state index in [9.17, 15) is 9.59 Å². The summed E-state index contributed by atoms with van der Waals surface area (Å²) >= 11 is 1.47. The Kier molecular flexibility index (Phi) is 5.13. The van der Waals surface area contributed by atoms with Gasteiger partial charge in [0.25, 0.3) is 5.91 Å². The first-order valence-electron chi connectivity index (χ1n) is 7.88. The topological polar surface area (TPSA) is 88.7 Å². The number of methoxy groups -OCH3 is 2. The molecule has 3 rings (SSSR count). The molecule has 0 saturated carbocycles. The average molecular weight is 373 g/mol. The van der Waals surface area contributed by atoms with E-state index in [-0.39, 0.29) is 11.9 Å². The first-order valence-corrected chi connectivity index (χ1v) is 8.76. The summed E-state index contributed by atoms with van der Waals surface area (Å²) in [6.45, 7) is 1.71. The van der Waals surface area contributed by atoms with Crippen molar-refractivity contribution in [3.05, 3.63) is 51.9 Å². The first-order chi connectivity index (χ1) is 12.5. The number of rotatable bonds is 5. The minimum atomic E-state index is -0.514. The molecule has 1 aromatic carbocycles. The summed E-state index contributed by atoms with van der Waals surface area (Å²) < 4.78 is 10.5. The third kappa shape index (κ3) is 3.50. The van der Waals surface area contributed by atoms with E-state index in [0.717, 1.165) is 4.88 Å². The second kappa shape index (κ2) is 7.49. The lowest BCUT2D eigenvalue weighted by atomic mass is 10.0. The quantitative estimate of drug-likeness (QED) is 0.752. The van der Waals surface area contributed by atoms with E-state index in [1.54, 1.807) is 32.2 Å². The Balaban J connectivity index is 1.95. The summed E-state index contributed by atoms with van der Waals surface area (Å²) in [5, 5.41) is 10.2. The maximum atomic E-state index is 13.0. The van der Waals surface area contributed by atoms with Gasteiger partial charge in [-0.1, -0.05) is 6.07 Å². The van der Waals surface area contributed by atoms with Crippen LogP contribution in [0.3, 0.4) is 0 Å². The molecule has 0 spiro atoms. The Labute approximate surface area is 155 Å². The predicted octanol–water partition coefficient (Wildman–Crippen LogP) is 3.03. The third-order valence-electron chi connectivity index (χ3n) is 4.00. The molecule has 26 heavy (non-hydrogen) atoms. The van der Waals surface area contributed by atoms with Crippen molar-refractivity contribution in [2.24, 2.45) is 0 Å². The Bertz CT molecular complexity index is 861. The highest BCUT2D eigenvalue weighted by molar-refractivity contribution is 7.10. The molecule has 3 N–H and O–H groups in total. The number of amides is 3. The Morgan fingerprint density at radius 1 is 1.23 bits per heavy atom. The second-order valence-corrected chi connectivity index (χ2v) is 6.59. The molecular weight excluding hydrogens is 354 g/mol. The standard InChI is InChI=1S/C18H19N3O4S/c1-10-15(16(21-18(23)19-10)14-5-4-8-26-14)17(22)20-12-9-11(24-2)6-7-13(12)25-3/h4-9,16H,1-3H3,(H,20,22)(H2,19,21,23)/t16-/m0/s1. The van der Waals surface area contributed by atoms with Gasteiger partial charge in [0.1, 0.15) is 11.5 Å². The van der Waals surface area contributed by atoms with Gasteiger partial charge in [-0.2, -0.15) is 0 Å². The highest BCUT2D eigenvalue weighted by atomic mass is 32.1. The fourth-order valence-electron chi connectivity index (χ4n) is 2.77. The smallest absolute Gasteiger partial charge is 0.319 e. The molecule has 1 aliphatic heterocycles. The molecule has 1 atom stereocenters. The van der Waals surface area contributed by atoms with E-state index < -0.39 is 6.04 Å². The van der Waals surface area contributed by atoms with E-state index in [1.807, 2.05) is 17.5 Å². The lowest BCUT2D eigenvalue weighted by Gasteiger charge is -2.27. The number of carbonyl (C=O) groups is 2. The van der Waals surface area contributed by atoms with Gasteiger partial charge in [-0.15, -0.1) is 11.3 Å². The SMILES string of the molecule is COc1ccc(OC)c(NC(=O)C2=C(C)NC(=O)N[C@H]2c2cccs2)c1. The van der Waals surface area contributed by atoms with Crippen LogP contribution in [0.15, 0.2) is 47.0 Å². The minimum Gasteiger partial charge on any atom is -0.497 e. The molecule has 0 aliphatic carbocycles. The van der Waals surface area contributed by atoms with Crippen LogP contribution in [0.2, 0.25) is 0 Å². The lowest BCUT2D eigenvalue weighted by Crippen LogP contribution is -2.45. The zero-order chi connectivity index (χ0) is 18.7. The number of carbonyl (C=O) groups excluding carboxylic acids is 2. The second-order valence-electron chi connectivity index (χ2n) is 5.61. The van der Waals surface area contributed by atoms with Crippen LogP contribution in [0.4, 0.5) is 10.5 Å². The average Bonchev–Trinajstić information content (AvgIpc) is 3.15. The summed E-state index contributed by atoms with van der Waals surface area (Å²) in [5.41, 5.74) is 1.43. The predicted molar refractivity (Wildman–Crippen MR) is 99.6 cm³/mol. The van der Waals surface area contributed by atoms with Gasteiger partial charge in [0.2, 0.25) is 0 Å². The summed E-state index contributed by atoms with van der Waals surface area (Å²) in [4.78, 5) is 25.8. The molecule has 0 bridgehead atoms. The number of benzene rings is 1. The fourth-order valence-corrected chi connectivity index (χ4v) is 3.55. The third-order valence-corrected chi connectivity index (χ3v) is 4.93. The van der Waals surface area contributed by atoms with E-state index >= 15 is 0 Å². The van der Waals surface area contributed by atoms with Gasteiger partial charge >= 0.3 is 6.03 Å². The number of nitrogens with one attached hydrogen (secondary N) is 3. The van der Waals surface area contributed by atoms with Gasteiger partial charge < -0.3 is 25.4 Å². The van der Waals surface area contributed by atoms with Crippen molar-refractivity contribution < 1.29 is 19.1 Å². The Hall–Kier alpha value is -3.00. The molecule has 1 aromatic heterocycles. The number of anilines is 1. The molecule has 2 aromatic rings. The van der Waals surface area contributed by atoms with Crippen LogP contribution in [0.25, 0.3) is 0 Å². The number of hydrogen-bond donors (Lipinski definition) is 3. The molecule has 0 fully saturated rings. The van der Waals surface area contributed by atoms with E-state index in [0.29, 0.717) is 28.5 Å². The number of urea groups is 1. The summed E-state index contributed by atoms with van der Waals surface area (Å²) in [6, 6.07) is 8.06. The van der Waals surface area contributed by atoms with Gasteiger partial charge in [0, 0.05) is 16.6 Å². The summed E-state index contributed by atoms with van der Waals surface area (Å²) in [7, 11) is 3.08. The van der Waals surface area contributed by atoms with E-state index in [2.05, 4.69) is 16.0 Å². The van der Waals surface area contributed by atoms with Crippen molar-refractivity contribution in [3.63, 3.8) is 0 Å². The van der Waals surface area contributed by atoms with Crippen LogP contribution in [0.5, 0.6) is 11.5 Å². The van der Waals surface area contributed by atoms with Crippen LogP contribution < -0.4 is 25.4 Å². The molecule has 0 radical (unpaired) electrons. The van der Waals surface area contributed by atoms with Gasteiger partial charge in [-0.25, -0.2) is 4.79 Å². The molecule has 2 heterocycles. The van der Waals surface area contributed by atoms with Crippen molar-refractivity contribution in [3.8, 4) is 11.5 Å². The molecule has 0 unspecified atom stereocenters. The largest absolute Gasteiger partial charge is 0.497 e. The van der Waals surface area contributed by atoms with E-state index in [1.165, 1.54) is 18.4 Å². The molecule has 3 amide bonds. The highest BCUT2D eigenvalue weighted by Gasteiger charge is 2.32. The van der Waals surface area contributed by atoms with Crippen molar-refractivity contribution in [2.75, 3.05) is 19.5 Å². The Morgan fingerprint density at radius 2 is 2.04 bits per heavy atom. The highest BCUT2D eigenvalue weighted by Crippen LogP contribution is 2.33. The van der Waals surface area contributed by atoms with Gasteiger partial charge in [0.05, 0.1) is 31.5 Å². The lowest BCUT2D eigenvalue weighted by molar-refractivity contribution is -0.113. The summed E-state index contributed by atoms with van der Waals surface area (Å²) in [6.07, 6.45) is 0. The summed E-state index contributed by atoms with van der Waals surface area (Å²) in [5.74, 6) is 0.773. The van der Waals surface area contributed by atoms with Crippen LogP contribution in [0, 0.1) is 0 Å². The molecule has 8 heteroatoms. The zero-order valence-corrected chi connectivity index (χ0v) is 15.4. The molecular formula is C18H19N3O4S. The number of allylic oxidation sites excluding steroid dienone is 1. The van der Waals surface area contributed by atoms with Crippen molar-refractivity contribution in [1.82, 2.24) is 10.6 Å². The first kappa shape index (κ1) is 17.8. The number of ether oxygens (including phenoxy) is 2. The van der Waals surface area contributed by atoms with Crippen LogP contribution >= 0.6 is 11.3 Å². The van der Waals surface area contributed by atoms with Crippen LogP contribution in [0.1, 0.15) is 17.8 Å². The van der Waals surface area contributed by atoms with Crippen LogP contribution in [-0.2, 0) is 4.79 Å². The van der Waals surface area contributed by atoms with Gasteiger partial charge in [-0.05, 0) is 30.5 Å². The molecule has 136 valence electrons.